The van der Waals surface area contributed by atoms with E-state index < -0.39 is 30.8 Å². The van der Waals surface area contributed by atoms with Gasteiger partial charge in [-0.05, 0) is 12.1 Å². The predicted molar refractivity (Wildman–Crippen MR) is 56.7 cm³/mol. The van der Waals surface area contributed by atoms with Crippen molar-refractivity contribution in [2.75, 3.05) is 5.32 Å². The van der Waals surface area contributed by atoms with Gasteiger partial charge in [-0.15, -0.1) is 0 Å². The number of nitrogens with one attached hydrogen (secondary N) is 1. The summed E-state index contributed by atoms with van der Waals surface area (Å²) < 4.78 is 35.6. The Balaban J connectivity index is 2.52. The van der Waals surface area contributed by atoms with Crippen molar-refractivity contribution in [2.24, 2.45) is 5.73 Å². The maximum Gasteiger partial charge on any atom is 0.389 e. The van der Waals surface area contributed by atoms with Gasteiger partial charge >= 0.3 is 6.18 Å². The zero-order valence-electron chi connectivity index (χ0n) is 9.12. The summed E-state index contributed by atoms with van der Waals surface area (Å²) in [5, 5.41) is 2.23. The number of carbonyl (C=O) groups excluding carboxylic acids is 2. The third kappa shape index (κ3) is 4.81. The second kappa shape index (κ2) is 5.48. The first-order valence-electron chi connectivity index (χ1n) is 4.90. The average Bonchev–Trinajstić information content (AvgIpc) is 2.26. The lowest BCUT2D eigenvalue weighted by Gasteiger charge is -2.07. The van der Waals surface area contributed by atoms with Gasteiger partial charge < -0.3 is 11.1 Å². The summed E-state index contributed by atoms with van der Waals surface area (Å²) in [4.78, 5) is 25.5. The first kappa shape index (κ1) is 13.9. The van der Waals surface area contributed by atoms with Crippen molar-refractivity contribution in [1.29, 1.82) is 0 Å². The monoisotopic (exact) mass is 261 g/mol. The number of halogens is 3. The SMILES string of the molecule is NC(=O)c1ccc(NC(=O)CCC(F)(F)F)cn1. The molecule has 0 aliphatic heterocycles. The molecule has 0 spiro atoms. The van der Waals surface area contributed by atoms with Crippen LogP contribution in [0, 0.1) is 0 Å². The Bertz CT molecular complexity index is 443. The van der Waals surface area contributed by atoms with E-state index >= 15 is 0 Å². The lowest BCUT2D eigenvalue weighted by molar-refractivity contribution is -0.142. The van der Waals surface area contributed by atoms with Gasteiger partial charge in [0.05, 0.1) is 18.3 Å². The number of carbonyl (C=O) groups is 2. The van der Waals surface area contributed by atoms with Crippen LogP contribution in [0.3, 0.4) is 0 Å². The van der Waals surface area contributed by atoms with E-state index in [-0.39, 0.29) is 11.4 Å². The van der Waals surface area contributed by atoms with Crippen LogP contribution in [0.15, 0.2) is 18.3 Å². The van der Waals surface area contributed by atoms with Crippen molar-refractivity contribution < 1.29 is 22.8 Å². The number of nitrogens with zero attached hydrogens (tertiary/aromatic N) is 1. The molecule has 0 fully saturated rings. The minimum atomic E-state index is -4.37. The molecule has 0 saturated heterocycles. The fourth-order valence-electron chi connectivity index (χ4n) is 1.09. The van der Waals surface area contributed by atoms with Crippen LogP contribution in [0.5, 0.6) is 0 Å². The molecule has 0 aromatic carbocycles. The summed E-state index contributed by atoms with van der Waals surface area (Å²) in [6.07, 6.45) is -5.08. The summed E-state index contributed by atoms with van der Waals surface area (Å²) in [6, 6.07) is 2.60. The third-order valence-corrected chi connectivity index (χ3v) is 1.94. The zero-order chi connectivity index (χ0) is 13.8. The van der Waals surface area contributed by atoms with Gasteiger partial charge in [0.25, 0.3) is 5.91 Å². The number of alkyl halides is 3. The second-order valence-electron chi connectivity index (χ2n) is 3.46. The topological polar surface area (TPSA) is 85.1 Å². The molecule has 5 nitrogen and oxygen atoms in total. The number of hydrogen-bond donors (Lipinski definition) is 2. The molecule has 0 saturated carbocycles. The number of rotatable bonds is 4. The smallest absolute Gasteiger partial charge is 0.364 e. The summed E-state index contributed by atoms with van der Waals surface area (Å²) in [7, 11) is 0. The van der Waals surface area contributed by atoms with Gasteiger partial charge in [-0.1, -0.05) is 0 Å². The second-order valence-corrected chi connectivity index (χ2v) is 3.46. The largest absolute Gasteiger partial charge is 0.389 e. The quantitative estimate of drug-likeness (QED) is 0.860. The third-order valence-electron chi connectivity index (χ3n) is 1.94. The van der Waals surface area contributed by atoms with Crippen molar-refractivity contribution in [2.45, 2.75) is 19.0 Å². The maximum absolute atomic E-state index is 11.9. The Morgan fingerprint density at radius 3 is 2.44 bits per heavy atom. The van der Waals surface area contributed by atoms with E-state index in [1.165, 1.54) is 12.1 Å². The fraction of sp³-hybridized carbons (Fsp3) is 0.300. The highest BCUT2D eigenvalue weighted by atomic mass is 19.4. The molecular weight excluding hydrogens is 251 g/mol. The predicted octanol–water partition coefficient (Wildman–Crippen LogP) is 1.46. The van der Waals surface area contributed by atoms with E-state index in [2.05, 4.69) is 10.3 Å². The Morgan fingerprint density at radius 2 is 2.00 bits per heavy atom. The fourth-order valence-corrected chi connectivity index (χ4v) is 1.09. The van der Waals surface area contributed by atoms with Crippen LogP contribution in [0.4, 0.5) is 18.9 Å². The standard InChI is InChI=1S/C10H10F3N3O2/c11-10(12,13)4-3-8(17)16-6-1-2-7(9(14)18)15-5-6/h1-2,5H,3-4H2,(H2,14,18)(H,16,17). The van der Waals surface area contributed by atoms with Crippen molar-refractivity contribution in [3.8, 4) is 0 Å². The molecule has 3 N–H and O–H groups in total. The number of nitrogens with two attached hydrogens (primary N) is 1. The van der Waals surface area contributed by atoms with Gasteiger partial charge in [-0.3, -0.25) is 9.59 Å². The van der Waals surface area contributed by atoms with Crippen molar-refractivity contribution in [3.63, 3.8) is 0 Å². The highest BCUT2D eigenvalue weighted by Crippen LogP contribution is 2.21. The van der Waals surface area contributed by atoms with Gasteiger partial charge in [-0.25, -0.2) is 4.98 Å². The summed E-state index contributed by atoms with van der Waals surface area (Å²) in [5.41, 5.74) is 5.15. The molecular formula is C10H10F3N3O2. The molecule has 1 heterocycles. The summed E-state index contributed by atoms with van der Waals surface area (Å²) in [5.74, 6) is -1.51. The number of amides is 2. The van der Waals surface area contributed by atoms with E-state index in [0.29, 0.717) is 0 Å². The average molecular weight is 261 g/mol. The molecule has 0 unspecified atom stereocenters. The normalized spacial score (nSPS) is 11.1. The van der Waals surface area contributed by atoms with Crippen LogP contribution in [0.2, 0.25) is 0 Å². The first-order valence-corrected chi connectivity index (χ1v) is 4.90. The van der Waals surface area contributed by atoms with Crippen LogP contribution in [-0.4, -0.2) is 23.0 Å². The van der Waals surface area contributed by atoms with Crippen LogP contribution < -0.4 is 11.1 Å². The molecule has 18 heavy (non-hydrogen) atoms. The summed E-state index contributed by atoms with van der Waals surface area (Å²) in [6.45, 7) is 0. The molecule has 0 bridgehead atoms. The molecule has 8 heteroatoms. The van der Waals surface area contributed by atoms with Gasteiger partial charge in [0.15, 0.2) is 0 Å². The number of aromatic nitrogens is 1. The Labute approximate surface area is 100 Å². The Morgan fingerprint density at radius 1 is 1.33 bits per heavy atom. The van der Waals surface area contributed by atoms with Crippen molar-refractivity contribution >= 4 is 17.5 Å². The molecule has 1 rings (SSSR count). The molecule has 0 radical (unpaired) electrons. The molecule has 1 aromatic rings. The lowest BCUT2D eigenvalue weighted by atomic mass is 10.2. The van der Waals surface area contributed by atoms with E-state index in [1.54, 1.807) is 0 Å². The number of primary amides is 1. The molecule has 2 amide bonds. The molecule has 0 aliphatic carbocycles. The maximum atomic E-state index is 11.9. The lowest BCUT2D eigenvalue weighted by Crippen LogP contribution is -2.17. The summed E-state index contributed by atoms with van der Waals surface area (Å²) >= 11 is 0. The molecule has 98 valence electrons. The van der Waals surface area contributed by atoms with Crippen LogP contribution in [0.1, 0.15) is 23.3 Å². The highest BCUT2D eigenvalue weighted by Gasteiger charge is 2.27. The van der Waals surface area contributed by atoms with Crippen LogP contribution in [-0.2, 0) is 4.79 Å². The van der Waals surface area contributed by atoms with Crippen molar-refractivity contribution in [3.05, 3.63) is 24.0 Å². The van der Waals surface area contributed by atoms with E-state index in [9.17, 15) is 22.8 Å². The molecule has 0 atom stereocenters. The Hall–Kier alpha value is -2.12. The Kier molecular flexibility index (Phi) is 4.24. The minimum absolute atomic E-state index is 0.00305. The molecule has 1 aromatic heterocycles. The number of anilines is 1. The van der Waals surface area contributed by atoms with E-state index in [0.717, 1.165) is 6.20 Å². The highest BCUT2D eigenvalue weighted by molar-refractivity contribution is 5.93. The number of pyridine rings is 1. The van der Waals surface area contributed by atoms with Crippen LogP contribution in [0.25, 0.3) is 0 Å². The first-order chi connectivity index (χ1) is 8.28. The van der Waals surface area contributed by atoms with E-state index in [1.807, 2.05) is 0 Å². The van der Waals surface area contributed by atoms with Gasteiger partial charge in [0.2, 0.25) is 5.91 Å². The zero-order valence-corrected chi connectivity index (χ0v) is 9.12. The minimum Gasteiger partial charge on any atom is -0.364 e. The molecule has 0 aliphatic rings. The van der Waals surface area contributed by atoms with Crippen LogP contribution >= 0.6 is 0 Å². The van der Waals surface area contributed by atoms with Crippen molar-refractivity contribution in [1.82, 2.24) is 4.98 Å². The van der Waals surface area contributed by atoms with Gasteiger partial charge in [-0.2, -0.15) is 13.2 Å². The van der Waals surface area contributed by atoms with E-state index in [4.69, 9.17) is 5.73 Å². The van der Waals surface area contributed by atoms with Gasteiger partial charge in [0.1, 0.15) is 5.69 Å². The van der Waals surface area contributed by atoms with Gasteiger partial charge in [0, 0.05) is 6.42 Å². The number of hydrogen-bond acceptors (Lipinski definition) is 3.